The topological polar surface area (TPSA) is 79.5 Å². The van der Waals surface area contributed by atoms with Crippen LogP contribution in [0, 0.1) is 0 Å². The fraction of sp³-hybridized carbons (Fsp3) is 0.0909. The standard InChI is InChI=1S/C22H17ClF3N3O3/c1-27-20(30)13-2-7-16(8-3-13)32-17-9-4-14(5-10-17)28-21(31)29-15-6-11-19(23)18(12-15)22(24,25)26/h2-12H,1H3,(H,27,30)(H2,28,29,31). The van der Waals surface area contributed by atoms with Crippen LogP contribution in [0.4, 0.5) is 29.3 Å². The zero-order valence-corrected chi connectivity index (χ0v) is 17.3. The second kappa shape index (κ2) is 9.61. The van der Waals surface area contributed by atoms with Crippen molar-refractivity contribution in [2.75, 3.05) is 17.7 Å². The summed E-state index contributed by atoms with van der Waals surface area (Å²) in [7, 11) is 1.54. The molecule has 0 heterocycles. The molecule has 3 N–H and O–H groups in total. The number of rotatable bonds is 5. The first kappa shape index (κ1) is 23.0. The molecule has 0 atom stereocenters. The summed E-state index contributed by atoms with van der Waals surface area (Å²) in [6.07, 6.45) is -4.64. The highest BCUT2D eigenvalue weighted by atomic mass is 35.5. The SMILES string of the molecule is CNC(=O)c1ccc(Oc2ccc(NC(=O)Nc3ccc(Cl)c(C(F)(F)F)c3)cc2)cc1. The molecule has 10 heteroatoms. The molecule has 0 aromatic heterocycles. The quantitative estimate of drug-likeness (QED) is 0.424. The van der Waals surface area contributed by atoms with Gasteiger partial charge in [0.1, 0.15) is 11.5 Å². The van der Waals surface area contributed by atoms with Gasteiger partial charge in [-0.15, -0.1) is 0 Å². The van der Waals surface area contributed by atoms with Crippen LogP contribution >= 0.6 is 11.6 Å². The van der Waals surface area contributed by atoms with Crippen LogP contribution in [0.5, 0.6) is 11.5 Å². The van der Waals surface area contributed by atoms with Gasteiger partial charge in [-0.1, -0.05) is 11.6 Å². The van der Waals surface area contributed by atoms with Gasteiger partial charge in [0.15, 0.2) is 0 Å². The summed E-state index contributed by atoms with van der Waals surface area (Å²) < 4.78 is 44.5. The fourth-order valence-corrected chi connectivity index (χ4v) is 2.90. The number of benzene rings is 3. The normalized spacial score (nSPS) is 10.9. The number of alkyl halides is 3. The lowest BCUT2D eigenvalue weighted by Gasteiger charge is -2.12. The monoisotopic (exact) mass is 463 g/mol. The van der Waals surface area contributed by atoms with E-state index in [2.05, 4.69) is 16.0 Å². The van der Waals surface area contributed by atoms with Gasteiger partial charge in [-0.05, 0) is 66.7 Å². The van der Waals surface area contributed by atoms with Crippen LogP contribution in [0.15, 0.2) is 66.7 Å². The highest BCUT2D eigenvalue weighted by molar-refractivity contribution is 6.31. The first-order chi connectivity index (χ1) is 15.2. The zero-order valence-electron chi connectivity index (χ0n) is 16.6. The maximum atomic E-state index is 12.9. The molecule has 3 aromatic carbocycles. The summed E-state index contributed by atoms with van der Waals surface area (Å²) in [6, 6.07) is 15.2. The molecule has 0 saturated heterocycles. The number of urea groups is 1. The third kappa shape index (κ3) is 5.92. The first-order valence-corrected chi connectivity index (χ1v) is 9.58. The Bertz CT molecular complexity index is 1120. The molecule has 0 aliphatic rings. The van der Waals surface area contributed by atoms with Crippen LogP contribution in [-0.4, -0.2) is 19.0 Å². The van der Waals surface area contributed by atoms with Crippen molar-refractivity contribution in [3.8, 4) is 11.5 Å². The second-order valence-electron chi connectivity index (χ2n) is 6.50. The first-order valence-electron chi connectivity index (χ1n) is 9.20. The van der Waals surface area contributed by atoms with E-state index in [1.54, 1.807) is 48.5 Å². The molecule has 0 aliphatic carbocycles. The van der Waals surface area contributed by atoms with Crippen molar-refractivity contribution in [3.63, 3.8) is 0 Å². The third-order valence-electron chi connectivity index (χ3n) is 4.22. The molecule has 32 heavy (non-hydrogen) atoms. The third-order valence-corrected chi connectivity index (χ3v) is 4.55. The van der Waals surface area contributed by atoms with Crippen LogP contribution < -0.4 is 20.7 Å². The zero-order chi connectivity index (χ0) is 23.3. The lowest BCUT2D eigenvalue weighted by Crippen LogP contribution is -2.19. The number of amides is 3. The minimum absolute atomic E-state index is 0.0561. The Morgan fingerprint density at radius 3 is 1.94 bits per heavy atom. The lowest BCUT2D eigenvalue weighted by molar-refractivity contribution is -0.137. The van der Waals surface area contributed by atoms with E-state index in [4.69, 9.17) is 16.3 Å². The minimum atomic E-state index is -4.64. The Kier molecular flexibility index (Phi) is 6.89. The number of nitrogens with one attached hydrogen (secondary N) is 3. The van der Waals surface area contributed by atoms with E-state index in [1.165, 1.54) is 13.1 Å². The van der Waals surface area contributed by atoms with Gasteiger partial charge in [0.05, 0.1) is 10.6 Å². The molecule has 166 valence electrons. The van der Waals surface area contributed by atoms with E-state index in [1.807, 2.05) is 0 Å². The summed E-state index contributed by atoms with van der Waals surface area (Å²) in [5.74, 6) is 0.786. The van der Waals surface area contributed by atoms with Crippen molar-refractivity contribution in [2.45, 2.75) is 6.18 Å². The van der Waals surface area contributed by atoms with Crippen LogP contribution in [0.25, 0.3) is 0 Å². The molecule has 0 aliphatic heterocycles. The highest BCUT2D eigenvalue weighted by Crippen LogP contribution is 2.36. The predicted octanol–water partition coefficient (Wildman–Crippen LogP) is 6.15. The molecular weight excluding hydrogens is 447 g/mol. The summed E-state index contributed by atoms with van der Waals surface area (Å²) in [5.41, 5.74) is -0.204. The Morgan fingerprint density at radius 2 is 1.38 bits per heavy atom. The van der Waals surface area contributed by atoms with Crippen molar-refractivity contribution in [1.82, 2.24) is 5.32 Å². The number of halogens is 4. The highest BCUT2D eigenvalue weighted by Gasteiger charge is 2.33. The molecule has 0 bridgehead atoms. The Hall–Kier alpha value is -3.72. The molecule has 3 aromatic rings. The van der Waals surface area contributed by atoms with E-state index in [-0.39, 0.29) is 11.6 Å². The summed E-state index contributed by atoms with van der Waals surface area (Å²) in [6.45, 7) is 0. The summed E-state index contributed by atoms with van der Waals surface area (Å²) >= 11 is 5.57. The van der Waals surface area contributed by atoms with Crippen LogP contribution in [-0.2, 0) is 6.18 Å². The van der Waals surface area contributed by atoms with E-state index in [0.29, 0.717) is 22.7 Å². The Morgan fingerprint density at radius 1 is 0.844 bits per heavy atom. The van der Waals surface area contributed by atoms with Gasteiger partial charge in [0.2, 0.25) is 0 Å². The number of hydrogen-bond acceptors (Lipinski definition) is 3. The van der Waals surface area contributed by atoms with Crippen molar-refractivity contribution in [1.29, 1.82) is 0 Å². The lowest BCUT2D eigenvalue weighted by atomic mass is 10.2. The number of anilines is 2. The van der Waals surface area contributed by atoms with Crippen LogP contribution in [0.2, 0.25) is 5.02 Å². The van der Waals surface area contributed by atoms with Gasteiger partial charge in [0.25, 0.3) is 5.91 Å². The number of ether oxygens (including phenoxy) is 1. The van der Waals surface area contributed by atoms with E-state index in [0.717, 1.165) is 12.1 Å². The predicted molar refractivity (Wildman–Crippen MR) is 115 cm³/mol. The second-order valence-corrected chi connectivity index (χ2v) is 6.91. The molecule has 3 rings (SSSR count). The molecule has 0 spiro atoms. The van der Waals surface area contributed by atoms with Gasteiger partial charge in [-0.25, -0.2) is 4.79 Å². The molecule has 0 radical (unpaired) electrons. The van der Waals surface area contributed by atoms with Gasteiger partial charge < -0.3 is 20.7 Å². The van der Waals surface area contributed by atoms with Crippen molar-refractivity contribution in [2.24, 2.45) is 0 Å². The number of hydrogen-bond donors (Lipinski definition) is 3. The van der Waals surface area contributed by atoms with Crippen molar-refractivity contribution < 1.29 is 27.5 Å². The largest absolute Gasteiger partial charge is 0.457 e. The van der Waals surface area contributed by atoms with Crippen LogP contribution in [0.3, 0.4) is 0 Å². The smallest absolute Gasteiger partial charge is 0.417 e. The van der Waals surface area contributed by atoms with E-state index < -0.39 is 22.8 Å². The maximum Gasteiger partial charge on any atom is 0.417 e. The number of carbonyl (C=O) groups is 2. The molecule has 0 saturated carbocycles. The van der Waals surface area contributed by atoms with Crippen molar-refractivity contribution >= 4 is 34.9 Å². The summed E-state index contributed by atoms with van der Waals surface area (Å²) in [4.78, 5) is 23.7. The van der Waals surface area contributed by atoms with Gasteiger partial charge in [0, 0.05) is 24.0 Å². The average Bonchev–Trinajstić information content (AvgIpc) is 2.75. The van der Waals surface area contributed by atoms with Gasteiger partial charge >= 0.3 is 12.2 Å². The maximum absolute atomic E-state index is 12.9. The fourth-order valence-electron chi connectivity index (χ4n) is 2.67. The molecule has 3 amide bonds. The molecular formula is C22H17ClF3N3O3. The van der Waals surface area contributed by atoms with E-state index in [9.17, 15) is 22.8 Å². The van der Waals surface area contributed by atoms with Crippen LogP contribution in [0.1, 0.15) is 15.9 Å². The van der Waals surface area contributed by atoms with Gasteiger partial charge in [-0.3, -0.25) is 4.79 Å². The average molecular weight is 464 g/mol. The Labute approximate surface area is 186 Å². The molecule has 6 nitrogen and oxygen atoms in total. The van der Waals surface area contributed by atoms with Crippen molar-refractivity contribution in [3.05, 3.63) is 82.9 Å². The molecule has 0 fully saturated rings. The minimum Gasteiger partial charge on any atom is -0.457 e. The number of carbonyl (C=O) groups excluding carboxylic acids is 2. The summed E-state index contributed by atoms with van der Waals surface area (Å²) in [5, 5.41) is 6.92. The van der Waals surface area contributed by atoms with E-state index >= 15 is 0 Å². The Balaban J connectivity index is 1.60. The van der Waals surface area contributed by atoms with Gasteiger partial charge in [-0.2, -0.15) is 13.2 Å². The molecule has 0 unspecified atom stereocenters.